The van der Waals surface area contributed by atoms with Crippen LogP contribution in [0.2, 0.25) is 5.02 Å². The lowest BCUT2D eigenvalue weighted by Gasteiger charge is -2.43. The number of hydrogen-bond donors (Lipinski definition) is 2. The largest absolute Gasteiger partial charge is 0.343 e. The molecule has 2 aromatic rings. The summed E-state index contributed by atoms with van der Waals surface area (Å²) in [7, 11) is 0. The third-order valence-electron chi connectivity index (χ3n) is 6.29. The average Bonchev–Trinajstić information content (AvgIpc) is 3.44. The topological polar surface area (TPSA) is 36.4 Å². The van der Waals surface area contributed by atoms with Crippen LogP contribution >= 0.6 is 11.6 Å². The highest BCUT2D eigenvalue weighted by Gasteiger charge is 2.49. The number of nitrogens with one attached hydrogen (secondary N) is 2. The van der Waals surface area contributed by atoms with Crippen molar-refractivity contribution >= 4 is 23.1 Å². The number of halogens is 1. The molecule has 2 aromatic carbocycles. The summed E-state index contributed by atoms with van der Waals surface area (Å²) < 4.78 is 0. The van der Waals surface area contributed by atoms with Gasteiger partial charge in [-0.3, -0.25) is 4.99 Å². The van der Waals surface area contributed by atoms with E-state index in [1.807, 2.05) is 12.1 Å². The first kappa shape index (κ1) is 16.3. The second-order valence-corrected chi connectivity index (χ2v) is 8.37. The summed E-state index contributed by atoms with van der Waals surface area (Å²) in [5, 5.41) is 8.08. The zero-order chi connectivity index (χ0) is 17.6. The smallest absolute Gasteiger partial charge is 0.108 e. The van der Waals surface area contributed by atoms with Crippen molar-refractivity contribution < 1.29 is 0 Å². The van der Waals surface area contributed by atoms with Crippen molar-refractivity contribution in [3.8, 4) is 0 Å². The molecule has 5 rings (SSSR count). The Kier molecular flexibility index (Phi) is 3.84. The van der Waals surface area contributed by atoms with Crippen LogP contribution in [0.5, 0.6) is 0 Å². The molecule has 1 saturated heterocycles. The van der Waals surface area contributed by atoms with E-state index in [-0.39, 0.29) is 11.0 Å². The molecule has 2 N–H and O–H groups in total. The second kappa shape index (κ2) is 6.11. The predicted octanol–water partition coefficient (Wildman–Crippen LogP) is 4.77. The third-order valence-corrected chi connectivity index (χ3v) is 6.62. The number of para-hydroxylation sites is 1. The first-order chi connectivity index (χ1) is 12.7. The SMILES string of the molecule is Clc1ccccc1C1(N=C2Nc3ccccc3CC23CCNCC3)CC1. The maximum atomic E-state index is 6.53. The molecular formula is C22H24ClN3. The normalized spacial score (nSPS) is 24.1. The van der Waals surface area contributed by atoms with Crippen LogP contribution in [0.25, 0.3) is 0 Å². The van der Waals surface area contributed by atoms with E-state index >= 15 is 0 Å². The lowest BCUT2D eigenvalue weighted by atomic mass is 9.70. The lowest BCUT2D eigenvalue weighted by molar-refractivity contribution is 0.292. The molecule has 26 heavy (non-hydrogen) atoms. The Hall–Kier alpha value is -1.84. The summed E-state index contributed by atoms with van der Waals surface area (Å²) >= 11 is 6.53. The molecular weight excluding hydrogens is 342 g/mol. The first-order valence-electron chi connectivity index (χ1n) is 9.62. The van der Waals surface area contributed by atoms with Crippen LogP contribution < -0.4 is 10.6 Å². The van der Waals surface area contributed by atoms with Crippen molar-refractivity contribution in [2.75, 3.05) is 18.4 Å². The molecule has 2 heterocycles. The minimum absolute atomic E-state index is 0.121. The van der Waals surface area contributed by atoms with Crippen molar-refractivity contribution in [1.82, 2.24) is 5.32 Å². The van der Waals surface area contributed by atoms with Gasteiger partial charge in [-0.2, -0.15) is 0 Å². The number of piperidine rings is 1. The maximum absolute atomic E-state index is 6.53. The van der Waals surface area contributed by atoms with Crippen LogP contribution in [0.15, 0.2) is 53.5 Å². The van der Waals surface area contributed by atoms with Gasteiger partial charge in [0, 0.05) is 16.1 Å². The first-order valence-corrected chi connectivity index (χ1v) is 10.00. The molecule has 0 radical (unpaired) electrons. The van der Waals surface area contributed by atoms with Gasteiger partial charge in [-0.25, -0.2) is 0 Å². The highest BCUT2D eigenvalue weighted by molar-refractivity contribution is 6.31. The van der Waals surface area contributed by atoms with Crippen LogP contribution in [-0.2, 0) is 12.0 Å². The van der Waals surface area contributed by atoms with Gasteiger partial charge in [-0.05, 0) is 68.5 Å². The van der Waals surface area contributed by atoms with Gasteiger partial charge in [0.15, 0.2) is 0 Å². The summed E-state index contributed by atoms with van der Waals surface area (Å²) in [6.07, 6.45) is 5.50. The molecule has 3 nitrogen and oxygen atoms in total. The Morgan fingerprint density at radius 2 is 1.62 bits per heavy atom. The summed E-state index contributed by atoms with van der Waals surface area (Å²) in [6.45, 7) is 2.12. The fourth-order valence-electron chi connectivity index (χ4n) is 4.58. The summed E-state index contributed by atoms with van der Waals surface area (Å²) in [4.78, 5) is 5.38. The highest BCUT2D eigenvalue weighted by atomic mass is 35.5. The van der Waals surface area contributed by atoms with Gasteiger partial charge in [0.25, 0.3) is 0 Å². The van der Waals surface area contributed by atoms with Crippen LogP contribution in [0.3, 0.4) is 0 Å². The number of benzene rings is 2. The molecule has 0 unspecified atom stereocenters. The molecule has 0 amide bonds. The third kappa shape index (κ3) is 2.65. The average molecular weight is 366 g/mol. The van der Waals surface area contributed by atoms with E-state index in [0.29, 0.717) is 0 Å². The van der Waals surface area contributed by atoms with E-state index in [9.17, 15) is 0 Å². The number of hydrogen-bond acceptors (Lipinski definition) is 2. The Bertz CT molecular complexity index is 863. The number of rotatable bonds is 2. The zero-order valence-electron chi connectivity index (χ0n) is 14.9. The maximum Gasteiger partial charge on any atom is 0.108 e. The highest BCUT2D eigenvalue weighted by Crippen LogP contribution is 2.53. The zero-order valence-corrected chi connectivity index (χ0v) is 15.6. The molecule has 1 aliphatic carbocycles. The van der Waals surface area contributed by atoms with Crippen LogP contribution in [0.1, 0.15) is 36.8 Å². The van der Waals surface area contributed by atoms with Gasteiger partial charge in [0.2, 0.25) is 0 Å². The Morgan fingerprint density at radius 3 is 2.38 bits per heavy atom. The molecule has 0 aromatic heterocycles. The quantitative estimate of drug-likeness (QED) is 0.804. The van der Waals surface area contributed by atoms with Crippen molar-refractivity contribution in [3.05, 3.63) is 64.7 Å². The molecule has 4 heteroatoms. The summed E-state index contributed by atoms with van der Waals surface area (Å²) in [6, 6.07) is 16.9. The number of nitrogens with zero attached hydrogens (tertiary/aromatic N) is 1. The van der Waals surface area contributed by atoms with Crippen molar-refractivity contribution in [2.24, 2.45) is 10.4 Å². The fraction of sp³-hybridized carbons (Fsp3) is 0.409. The Morgan fingerprint density at radius 1 is 0.885 bits per heavy atom. The molecule has 1 spiro atoms. The number of fused-ring (bicyclic) bond motifs is 1. The Balaban J connectivity index is 1.59. The monoisotopic (exact) mass is 365 g/mol. The van der Waals surface area contributed by atoms with Crippen LogP contribution in [0, 0.1) is 5.41 Å². The lowest BCUT2D eigenvalue weighted by Crippen LogP contribution is -2.49. The van der Waals surface area contributed by atoms with Gasteiger partial charge in [0.1, 0.15) is 5.84 Å². The molecule has 134 valence electrons. The minimum atomic E-state index is -0.134. The van der Waals surface area contributed by atoms with E-state index < -0.39 is 0 Å². The van der Waals surface area contributed by atoms with Gasteiger partial charge < -0.3 is 10.6 Å². The van der Waals surface area contributed by atoms with E-state index in [2.05, 4.69) is 47.0 Å². The number of anilines is 1. The summed E-state index contributed by atoms with van der Waals surface area (Å²) in [5.74, 6) is 1.18. The predicted molar refractivity (Wildman–Crippen MR) is 108 cm³/mol. The van der Waals surface area contributed by atoms with Crippen molar-refractivity contribution in [2.45, 2.75) is 37.6 Å². The minimum Gasteiger partial charge on any atom is -0.343 e. The van der Waals surface area contributed by atoms with Crippen LogP contribution in [0.4, 0.5) is 5.69 Å². The van der Waals surface area contributed by atoms with E-state index in [1.165, 1.54) is 22.6 Å². The molecule has 0 bridgehead atoms. The van der Waals surface area contributed by atoms with E-state index in [4.69, 9.17) is 16.6 Å². The number of aliphatic imine (C=N–C) groups is 1. The van der Waals surface area contributed by atoms with Gasteiger partial charge in [-0.15, -0.1) is 0 Å². The molecule has 2 fully saturated rings. The Labute approximate surface area is 159 Å². The van der Waals surface area contributed by atoms with Crippen molar-refractivity contribution in [3.63, 3.8) is 0 Å². The molecule has 0 atom stereocenters. The van der Waals surface area contributed by atoms with Crippen LogP contribution in [-0.4, -0.2) is 18.9 Å². The summed E-state index contributed by atoms with van der Waals surface area (Å²) in [5.41, 5.74) is 3.79. The van der Waals surface area contributed by atoms with Gasteiger partial charge in [0.05, 0.1) is 5.54 Å². The molecule has 3 aliphatic rings. The van der Waals surface area contributed by atoms with Gasteiger partial charge >= 0.3 is 0 Å². The standard InChI is InChI=1S/C22H24ClN3/c23-18-7-3-2-6-17(18)22(9-10-22)26-20-21(11-13-24-14-12-21)15-16-5-1-4-8-19(16)25-20/h1-8,24H,9-15H2,(H,25,26). The second-order valence-electron chi connectivity index (χ2n) is 7.96. The van der Waals surface area contributed by atoms with E-state index in [0.717, 1.165) is 50.2 Å². The van der Waals surface area contributed by atoms with Crippen molar-refractivity contribution in [1.29, 1.82) is 0 Å². The number of amidine groups is 1. The van der Waals surface area contributed by atoms with Gasteiger partial charge in [-0.1, -0.05) is 48.0 Å². The molecule has 2 aliphatic heterocycles. The fourth-order valence-corrected chi connectivity index (χ4v) is 4.89. The molecule has 1 saturated carbocycles. The van der Waals surface area contributed by atoms with E-state index in [1.54, 1.807) is 0 Å².